The molecule has 35 heavy (non-hydrogen) atoms. The molecule has 0 bridgehead atoms. The van der Waals surface area contributed by atoms with Crippen LogP contribution in [-0.4, -0.2) is 63.9 Å². The Morgan fingerprint density at radius 2 is 1.80 bits per heavy atom. The largest absolute Gasteiger partial charge is 0.497 e. The third-order valence-electron chi connectivity index (χ3n) is 5.33. The zero-order valence-corrected chi connectivity index (χ0v) is 21.1. The number of hydrogen-bond acceptors (Lipinski definition) is 7. The number of benzene rings is 2. The van der Waals surface area contributed by atoms with Gasteiger partial charge in [0.1, 0.15) is 11.4 Å². The molecule has 3 aromatic rings. The number of methoxy groups -OCH3 is 1. The number of aliphatic hydroxyl groups is 2. The summed E-state index contributed by atoms with van der Waals surface area (Å²) in [5, 5.41) is 24.3. The maximum absolute atomic E-state index is 13.0. The van der Waals surface area contributed by atoms with Crippen LogP contribution in [-0.2, 0) is 6.42 Å². The lowest BCUT2D eigenvalue weighted by molar-refractivity contribution is 0.0743. The van der Waals surface area contributed by atoms with Crippen LogP contribution in [0.1, 0.15) is 28.7 Å². The minimum atomic E-state index is -0.902. The number of rotatable bonds is 12. The highest BCUT2D eigenvalue weighted by atomic mass is 32.2. The maximum Gasteiger partial charge on any atom is 0.270 e. The first-order valence-electron chi connectivity index (χ1n) is 11.6. The predicted octanol–water partition coefficient (Wildman–Crippen LogP) is 3.49. The zero-order valence-electron chi connectivity index (χ0n) is 20.3. The van der Waals surface area contributed by atoms with Crippen molar-refractivity contribution >= 4 is 17.9 Å². The van der Waals surface area contributed by atoms with E-state index in [2.05, 4.69) is 10.3 Å². The number of carbonyl (C=O) groups is 1. The van der Waals surface area contributed by atoms with Gasteiger partial charge in [-0.3, -0.25) is 4.79 Å². The van der Waals surface area contributed by atoms with E-state index in [0.29, 0.717) is 18.7 Å². The number of ether oxygens (including phenoxy) is 1. The molecule has 0 spiro atoms. The van der Waals surface area contributed by atoms with Crippen molar-refractivity contribution < 1.29 is 19.7 Å². The fourth-order valence-corrected chi connectivity index (χ4v) is 4.77. The Morgan fingerprint density at radius 3 is 2.49 bits per heavy atom. The second kappa shape index (κ2) is 13.3. The first kappa shape index (κ1) is 26.7. The molecule has 3 rings (SSSR count). The van der Waals surface area contributed by atoms with Gasteiger partial charge in [-0.2, -0.15) is 0 Å². The lowest BCUT2D eigenvalue weighted by Gasteiger charge is -2.30. The Morgan fingerprint density at radius 1 is 1.06 bits per heavy atom. The van der Waals surface area contributed by atoms with Gasteiger partial charge in [0.05, 0.1) is 25.4 Å². The summed E-state index contributed by atoms with van der Waals surface area (Å²) in [6.45, 7) is 4.10. The van der Waals surface area contributed by atoms with Crippen LogP contribution in [0.3, 0.4) is 0 Å². The molecule has 186 valence electrons. The second-order valence-corrected chi connectivity index (χ2v) is 9.64. The standard InChI is InChI=1S/C27H33N3O4S/c1-19-9-7-14-24(28-19)27(33)29-25(15-21-10-5-4-6-11-21)26(32)18-30(17-20(2)31)35-23-13-8-12-22(16-23)34-3/h4-14,16,20,25-26,31-32H,15,17-18H2,1-3H3,(H,29,33). The Hall–Kier alpha value is -2.91. The van der Waals surface area contributed by atoms with Gasteiger partial charge < -0.3 is 20.3 Å². The molecule has 0 aliphatic heterocycles. The topological polar surface area (TPSA) is 94.9 Å². The Bertz CT molecular complexity index is 1080. The van der Waals surface area contributed by atoms with E-state index in [1.54, 1.807) is 26.2 Å². The van der Waals surface area contributed by atoms with E-state index in [0.717, 1.165) is 21.9 Å². The molecule has 7 nitrogen and oxygen atoms in total. The summed E-state index contributed by atoms with van der Waals surface area (Å²) in [4.78, 5) is 18.2. The van der Waals surface area contributed by atoms with Gasteiger partial charge in [-0.15, -0.1) is 0 Å². The molecule has 0 aliphatic carbocycles. The van der Waals surface area contributed by atoms with E-state index in [1.807, 2.05) is 71.9 Å². The third kappa shape index (κ3) is 8.67. The van der Waals surface area contributed by atoms with E-state index in [9.17, 15) is 15.0 Å². The molecule has 0 radical (unpaired) electrons. The Labute approximate surface area is 211 Å². The van der Waals surface area contributed by atoms with Gasteiger partial charge >= 0.3 is 0 Å². The Kier molecular flexibility index (Phi) is 10.1. The molecule has 1 heterocycles. The molecular formula is C27H33N3O4S. The zero-order chi connectivity index (χ0) is 25.2. The number of aromatic nitrogens is 1. The smallest absolute Gasteiger partial charge is 0.270 e. The van der Waals surface area contributed by atoms with Crippen molar-refractivity contribution in [3.05, 3.63) is 89.7 Å². The van der Waals surface area contributed by atoms with Crippen molar-refractivity contribution in [3.8, 4) is 5.75 Å². The highest BCUT2D eigenvalue weighted by Crippen LogP contribution is 2.27. The molecule has 1 amide bonds. The Balaban J connectivity index is 1.78. The lowest BCUT2D eigenvalue weighted by atomic mass is 10.0. The molecule has 8 heteroatoms. The van der Waals surface area contributed by atoms with Gasteiger partial charge in [0.2, 0.25) is 0 Å². The maximum atomic E-state index is 13.0. The van der Waals surface area contributed by atoms with Gasteiger partial charge in [-0.25, -0.2) is 9.29 Å². The van der Waals surface area contributed by atoms with Crippen molar-refractivity contribution in [3.63, 3.8) is 0 Å². The molecular weight excluding hydrogens is 462 g/mol. The minimum Gasteiger partial charge on any atom is -0.497 e. The van der Waals surface area contributed by atoms with E-state index in [1.165, 1.54) is 11.9 Å². The number of aliphatic hydroxyl groups excluding tert-OH is 2. The summed E-state index contributed by atoms with van der Waals surface area (Å²) in [7, 11) is 1.61. The number of hydrogen-bond donors (Lipinski definition) is 3. The van der Waals surface area contributed by atoms with Crippen LogP contribution in [0, 0.1) is 6.92 Å². The highest BCUT2D eigenvalue weighted by molar-refractivity contribution is 7.97. The predicted molar refractivity (Wildman–Crippen MR) is 138 cm³/mol. The molecule has 3 atom stereocenters. The van der Waals surface area contributed by atoms with E-state index in [4.69, 9.17) is 4.74 Å². The number of amides is 1. The third-order valence-corrected chi connectivity index (χ3v) is 6.36. The molecule has 2 aromatic carbocycles. The summed E-state index contributed by atoms with van der Waals surface area (Å²) in [6, 6.07) is 22.0. The second-order valence-electron chi connectivity index (χ2n) is 8.47. The molecule has 3 unspecified atom stereocenters. The number of carbonyl (C=O) groups excluding carboxylic acids is 1. The van der Waals surface area contributed by atoms with Crippen LogP contribution < -0.4 is 10.1 Å². The average molecular weight is 496 g/mol. The summed E-state index contributed by atoms with van der Waals surface area (Å²) >= 11 is 1.42. The normalized spacial score (nSPS) is 13.8. The van der Waals surface area contributed by atoms with Crippen molar-refractivity contribution in [1.29, 1.82) is 0 Å². The van der Waals surface area contributed by atoms with Crippen molar-refractivity contribution in [2.45, 2.75) is 43.4 Å². The van der Waals surface area contributed by atoms with Crippen molar-refractivity contribution in [1.82, 2.24) is 14.6 Å². The highest BCUT2D eigenvalue weighted by Gasteiger charge is 2.26. The number of nitrogens with one attached hydrogen (secondary N) is 1. The molecule has 1 aromatic heterocycles. The van der Waals surface area contributed by atoms with E-state index >= 15 is 0 Å². The molecule has 0 aliphatic rings. The summed E-state index contributed by atoms with van der Waals surface area (Å²) in [5.74, 6) is 0.392. The van der Waals surface area contributed by atoms with Crippen molar-refractivity contribution in [2.75, 3.05) is 20.2 Å². The van der Waals surface area contributed by atoms with Crippen LogP contribution in [0.4, 0.5) is 0 Å². The quantitative estimate of drug-likeness (QED) is 0.331. The van der Waals surface area contributed by atoms with E-state index in [-0.39, 0.29) is 12.5 Å². The van der Waals surface area contributed by atoms with Gasteiger partial charge in [-0.05, 0) is 68.1 Å². The fraction of sp³-hybridized carbons (Fsp3) is 0.333. The summed E-state index contributed by atoms with van der Waals surface area (Å²) < 4.78 is 7.22. The summed E-state index contributed by atoms with van der Waals surface area (Å²) in [5.41, 5.74) is 2.05. The molecule has 0 saturated carbocycles. The van der Waals surface area contributed by atoms with Crippen LogP contribution in [0.25, 0.3) is 0 Å². The summed E-state index contributed by atoms with van der Waals surface area (Å²) in [6.07, 6.45) is -1.05. The number of aryl methyl sites for hydroxylation is 1. The van der Waals surface area contributed by atoms with Crippen LogP contribution in [0.2, 0.25) is 0 Å². The fourth-order valence-electron chi connectivity index (χ4n) is 3.65. The van der Waals surface area contributed by atoms with Crippen LogP contribution in [0.5, 0.6) is 5.75 Å². The van der Waals surface area contributed by atoms with Crippen LogP contribution >= 0.6 is 11.9 Å². The number of pyridine rings is 1. The first-order valence-corrected chi connectivity index (χ1v) is 12.3. The van der Waals surface area contributed by atoms with Gasteiger partial charge in [0, 0.05) is 23.7 Å². The minimum absolute atomic E-state index is 0.228. The van der Waals surface area contributed by atoms with Gasteiger partial charge in [0.25, 0.3) is 5.91 Å². The molecule has 0 fully saturated rings. The van der Waals surface area contributed by atoms with Crippen LogP contribution in [0.15, 0.2) is 77.7 Å². The van der Waals surface area contributed by atoms with Gasteiger partial charge in [-0.1, -0.05) is 42.5 Å². The van der Waals surface area contributed by atoms with E-state index < -0.39 is 18.2 Å². The van der Waals surface area contributed by atoms with Crippen molar-refractivity contribution in [2.24, 2.45) is 0 Å². The SMILES string of the molecule is COc1cccc(SN(CC(C)O)CC(O)C(Cc2ccccc2)NC(=O)c2cccc(C)n2)c1. The average Bonchev–Trinajstić information content (AvgIpc) is 2.84. The number of nitrogens with zero attached hydrogens (tertiary/aromatic N) is 2. The molecule has 3 N–H and O–H groups in total. The first-order chi connectivity index (χ1) is 16.8. The lowest BCUT2D eigenvalue weighted by Crippen LogP contribution is -2.49. The monoisotopic (exact) mass is 495 g/mol. The molecule has 0 saturated heterocycles. The van der Waals surface area contributed by atoms with Gasteiger partial charge in [0.15, 0.2) is 0 Å².